The fourth-order valence-electron chi connectivity index (χ4n) is 2.45. The lowest BCUT2D eigenvalue weighted by Gasteiger charge is -2.26. The molecular formula is C16H13ClF3NO3. The largest absolute Gasteiger partial charge is 0.451 e. The van der Waals surface area contributed by atoms with Gasteiger partial charge in [-0.15, -0.1) is 0 Å². The van der Waals surface area contributed by atoms with E-state index in [0.717, 1.165) is 6.07 Å². The minimum absolute atomic E-state index is 0.0319. The van der Waals surface area contributed by atoms with Crippen LogP contribution in [0.5, 0.6) is 0 Å². The minimum atomic E-state index is -4.76. The van der Waals surface area contributed by atoms with Gasteiger partial charge in [0.2, 0.25) is 5.76 Å². The molecule has 2 aromatic rings. The van der Waals surface area contributed by atoms with Crippen molar-refractivity contribution in [2.75, 3.05) is 26.3 Å². The van der Waals surface area contributed by atoms with Crippen LogP contribution >= 0.6 is 11.6 Å². The molecular weight excluding hydrogens is 347 g/mol. The lowest BCUT2D eigenvalue weighted by molar-refractivity contribution is -0.153. The van der Waals surface area contributed by atoms with Gasteiger partial charge in [0.1, 0.15) is 5.76 Å². The van der Waals surface area contributed by atoms with E-state index in [-0.39, 0.29) is 18.8 Å². The van der Waals surface area contributed by atoms with E-state index < -0.39 is 23.4 Å². The van der Waals surface area contributed by atoms with Crippen LogP contribution in [0.1, 0.15) is 16.1 Å². The summed E-state index contributed by atoms with van der Waals surface area (Å²) in [6.45, 7) is 1.10. The van der Waals surface area contributed by atoms with Crippen molar-refractivity contribution < 1.29 is 27.1 Å². The summed E-state index contributed by atoms with van der Waals surface area (Å²) < 4.78 is 49.9. The summed E-state index contributed by atoms with van der Waals surface area (Å²) in [5.41, 5.74) is -0.0831. The molecule has 0 saturated carbocycles. The number of alkyl halides is 3. The van der Waals surface area contributed by atoms with Gasteiger partial charge in [-0.3, -0.25) is 4.79 Å². The Hall–Kier alpha value is -1.99. The molecule has 1 amide bonds. The molecule has 8 heteroatoms. The third-order valence-corrected chi connectivity index (χ3v) is 3.90. The van der Waals surface area contributed by atoms with E-state index in [1.165, 1.54) is 29.2 Å². The summed E-state index contributed by atoms with van der Waals surface area (Å²) in [6, 6.07) is 7.27. The zero-order valence-electron chi connectivity index (χ0n) is 12.4. The molecule has 24 heavy (non-hydrogen) atoms. The molecule has 1 fully saturated rings. The van der Waals surface area contributed by atoms with Gasteiger partial charge in [-0.25, -0.2) is 0 Å². The number of rotatable bonds is 2. The van der Waals surface area contributed by atoms with Crippen molar-refractivity contribution in [3.63, 3.8) is 0 Å². The molecule has 2 heterocycles. The van der Waals surface area contributed by atoms with Crippen LogP contribution in [-0.4, -0.2) is 37.1 Å². The van der Waals surface area contributed by atoms with E-state index in [9.17, 15) is 18.0 Å². The van der Waals surface area contributed by atoms with Gasteiger partial charge in [-0.1, -0.05) is 11.6 Å². The third kappa shape index (κ3) is 3.42. The highest BCUT2D eigenvalue weighted by Gasteiger charge is 2.41. The van der Waals surface area contributed by atoms with Crippen LogP contribution in [0.3, 0.4) is 0 Å². The number of carbonyl (C=O) groups excluding carboxylic acids is 1. The second kappa shape index (κ2) is 6.49. The van der Waals surface area contributed by atoms with Gasteiger partial charge in [0, 0.05) is 23.7 Å². The van der Waals surface area contributed by atoms with Crippen molar-refractivity contribution in [1.29, 1.82) is 0 Å². The first kappa shape index (κ1) is 16.9. The number of carbonyl (C=O) groups is 1. The summed E-state index contributed by atoms with van der Waals surface area (Å²) in [4.78, 5) is 13.8. The smallest absolute Gasteiger partial charge is 0.450 e. The van der Waals surface area contributed by atoms with Crippen LogP contribution in [0.2, 0.25) is 5.02 Å². The van der Waals surface area contributed by atoms with E-state index in [4.69, 9.17) is 20.8 Å². The lowest BCUT2D eigenvalue weighted by Crippen LogP contribution is -2.41. The highest BCUT2D eigenvalue weighted by molar-refractivity contribution is 6.30. The molecule has 0 bridgehead atoms. The van der Waals surface area contributed by atoms with E-state index in [1.807, 2.05) is 0 Å². The molecule has 0 radical (unpaired) electrons. The maximum Gasteiger partial charge on any atom is 0.450 e. The van der Waals surface area contributed by atoms with Crippen molar-refractivity contribution in [3.05, 3.63) is 46.7 Å². The van der Waals surface area contributed by atoms with Gasteiger partial charge in [-0.05, 0) is 30.3 Å². The normalized spacial score (nSPS) is 15.6. The van der Waals surface area contributed by atoms with Gasteiger partial charge in [0.05, 0.1) is 18.8 Å². The Balaban J connectivity index is 2.00. The highest BCUT2D eigenvalue weighted by atomic mass is 35.5. The number of ether oxygens (including phenoxy) is 1. The average molecular weight is 360 g/mol. The van der Waals surface area contributed by atoms with E-state index in [2.05, 4.69) is 0 Å². The van der Waals surface area contributed by atoms with Gasteiger partial charge >= 0.3 is 6.18 Å². The molecule has 1 aromatic heterocycles. The second-order valence-electron chi connectivity index (χ2n) is 5.26. The van der Waals surface area contributed by atoms with Crippen molar-refractivity contribution in [2.24, 2.45) is 0 Å². The first-order chi connectivity index (χ1) is 11.4. The van der Waals surface area contributed by atoms with Gasteiger partial charge in [0.15, 0.2) is 0 Å². The number of amides is 1. The number of morpholine rings is 1. The summed E-state index contributed by atoms with van der Waals surface area (Å²) >= 11 is 5.78. The maximum absolute atomic E-state index is 13.3. The first-order valence-electron chi connectivity index (χ1n) is 7.20. The molecule has 0 aliphatic carbocycles. The van der Waals surface area contributed by atoms with Crippen LogP contribution < -0.4 is 0 Å². The van der Waals surface area contributed by atoms with Gasteiger partial charge in [0.25, 0.3) is 5.91 Å². The topological polar surface area (TPSA) is 42.7 Å². The second-order valence-corrected chi connectivity index (χ2v) is 5.70. The fourth-order valence-corrected chi connectivity index (χ4v) is 2.58. The predicted octanol–water partition coefficient (Wildman–Crippen LogP) is 4.09. The molecule has 0 spiro atoms. The monoisotopic (exact) mass is 359 g/mol. The minimum Gasteiger partial charge on any atom is -0.451 e. The number of furan rings is 1. The third-order valence-electron chi connectivity index (χ3n) is 3.65. The van der Waals surface area contributed by atoms with Crippen molar-refractivity contribution in [2.45, 2.75) is 6.18 Å². The Bertz CT molecular complexity index is 734. The van der Waals surface area contributed by atoms with Crippen LogP contribution in [-0.2, 0) is 10.9 Å². The number of nitrogens with zero attached hydrogens (tertiary/aromatic N) is 1. The van der Waals surface area contributed by atoms with Gasteiger partial charge in [-0.2, -0.15) is 13.2 Å². The molecule has 1 aliphatic heterocycles. The standard InChI is InChI=1S/C16H13ClF3NO3/c17-11-3-1-10(2-4-11)13-9-12(14(24-13)16(18,19)20)15(22)21-5-7-23-8-6-21/h1-4,9H,5-8H2. The molecule has 0 N–H and O–H groups in total. The number of halogens is 4. The molecule has 1 aliphatic rings. The summed E-state index contributed by atoms with van der Waals surface area (Å²) in [6.07, 6.45) is -4.76. The Labute approximate surface area is 140 Å². The SMILES string of the molecule is O=C(c1cc(-c2ccc(Cl)cc2)oc1C(F)(F)F)N1CCOCC1. The van der Waals surface area contributed by atoms with Crippen LogP contribution in [0.15, 0.2) is 34.7 Å². The van der Waals surface area contributed by atoms with Gasteiger partial charge < -0.3 is 14.1 Å². The Morgan fingerprint density at radius 2 is 1.75 bits per heavy atom. The number of benzene rings is 1. The molecule has 4 nitrogen and oxygen atoms in total. The van der Waals surface area contributed by atoms with E-state index in [1.54, 1.807) is 0 Å². The summed E-state index contributed by atoms with van der Waals surface area (Å²) in [7, 11) is 0. The molecule has 3 rings (SSSR count). The van der Waals surface area contributed by atoms with Crippen molar-refractivity contribution in [1.82, 2.24) is 4.90 Å². The van der Waals surface area contributed by atoms with E-state index in [0.29, 0.717) is 23.8 Å². The Morgan fingerprint density at radius 3 is 2.33 bits per heavy atom. The molecule has 128 valence electrons. The average Bonchev–Trinajstić information content (AvgIpc) is 3.01. The fraction of sp³-hybridized carbons (Fsp3) is 0.312. The summed E-state index contributed by atoms with van der Waals surface area (Å²) in [5.74, 6) is -2.03. The maximum atomic E-state index is 13.3. The van der Waals surface area contributed by atoms with Crippen LogP contribution in [0.4, 0.5) is 13.2 Å². The summed E-state index contributed by atoms with van der Waals surface area (Å²) in [5, 5.41) is 0.450. The Kier molecular flexibility index (Phi) is 4.56. The number of hydrogen-bond acceptors (Lipinski definition) is 3. The highest BCUT2D eigenvalue weighted by Crippen LogP contribution is 2.38. The van der Waals surface area contributed by atoms with Crippen LogP contribution in [0.25, 0.3) is 11.3 Å². The Morgan fingerprint density at radius 1 is 1.12 bits per heavy atom. The lowest BCUT2D eigenvalue weighted by atomic mass is 10.1. The molecule has 1 saturated heterocycles. The quantitative estimate of drug-likeness (QED) is 0.811. The van der Waals surface area contributed by atoms with Crippen molar-refractivity contribution in [3.8, 4) is 11.3 Å². The molecule has 0 unspecified atom stereocenters. The molecule has 1 aromatic carbocycles. The zero-order chi connectivity index (χ0) is 17.3. The predicted molar refractivity (Wildman–Crippen MR) is 80.9 cm³/mol. The van der Waals surface area contributed by atoms with E-state index >= 15 is 0 Å². The number of hydrogen-bond donors (Lipinski definition) is 0. The zero-order valence-corrected chi connectivity index (χ0v) is 13.2. The van der Waals surface area contributed by atoms with Crippen molar-refractivity contribution >= 4 is 17.5 Å². The first-order valence-corrected chi connectivity index (χ1v) is 7.58. The molecule has 0 atom stereocenters. The van der Waals surface area contributed by atoms with Crippen LogP contribution in [0, 0.1) is 0 Å².